The van der Waals surface area contributed by atoms with Crippen molar-refractivity contribution in [1.29, 1.82) is 0 Å². The first kappa shape index (κ1) is 14.2. The average molecular weight is 249 g/mol. The minimum atomic E-state index is -0.258. The fourth-order valence-corrected chi connectivity index (χ4v) is 1.46. The predicted molar refractivity (Wildman–Crippen MR) is 70.1 cm³/mol. The summed E-state index contributed by atoms with van der Waals surface area (Å²) in [5, 5.41) is 5.30. The second kappa shape index (κ2) is 7.45. The average Bonchev–Trinajstić information content (AvgIpc) is 2.43. The van der Waals surface area contributed by atoms with Crippen molar-refractivity contribution < 1.29 is 9.59 Å². The summed E-state index contributed by atoms with van der Waals surface area (Å²) >= 11 is 0. The van der Waals surface area contributed by atoms with Gasteiger partial charge in [0.25, 0.3) is 5.91 Å². The number of carbonyl (C=O) groups excluding carboxylic acids is 2. The fraction of sp³-hybridized carbons (Fsp3) is 0.385. The first-order valence-corrected chi connectivity index (χ1v) is 6.00. The van der Waals surface area contributed by atoms with Crippen LogP contribution in [0.25, 0.3) is 0 Å². The van der Waals surface area contributed by atoms with Crippen molar-refractivity contribution in [3.05, 3.63) is 35.9 Å². The monoisotopic (exact) mass is 249 g/mol. The van der Waals surface area contributed by atoms with Crippen LogP contribution in [0.1, 0.15) is 23.7 Å². The highest BCUT2D eigenvalue weighted by atomic mass is 16.2. The molecule has 0 fully saturated rings. The lowest BCUT2D eigenvalue weighted by molar-refractivity contribution is -0.120. The second-order valence-electron chi connectivity index (χ2n) is 3.96. The van der Waals surface area contributed by atoms with Crippen molar-refractivity contribution in [2.75, 3.05) is 13.1 Å². The number of hydrogen-bond donors (Lipinski definition) is 3. The van der Waals surface area contributed by atoms with Gasteiger partial charge in [-0.3, -0.25) is 9.59 Å². The Labute approximate surface area is 107 Å². The van der Waals surface area contributed by atoms with Crippen LogP contribution in [-0.2, 0) is 4.79 Å². The molecule has 4 N–H and O–H groups in total. The molecule has 5 nitrogen and oxygen atoms in total. The van der Waals surface area contributed by atoms with Crippen LogP contribution in [0, 0.1) is 0 Å². The van der Waals surface area contributed by atoms with Gasteiger partial charge < -0.3 is 16.4 Å². The lowest BCUT2D eigenvalue weighted by Crippen LogP contribution is -2.44. The quantitative estimate of drug-likeness (QED) is 0.676. The van der Waals surface area contributed by atoms with Crippen LogP contribution in [0.5, 0.6) is 0 Å². The standard InChI is InChI=1S/C13H19N3O2/c1-2-11(8-14)16-12(17)9-15-13(18)10-6-4-3-5-7-10/h3-7,11H,2,8-9,14H2,1H3,(H,15,18)(H,16,17). The smallest absolute Gasteiger partial charge is 0.251 e. The van der Waals surface area contributed by atoms with Gasteiger partial charge in [-0.2, -0.15) is 0 Å². The molecule has 0 radical (unpaired) electrons. The van der Waals surface area contributed by atoms with Crippen LogP contribution in [0.2, 0.25) is 0 Å². The molecule has 1 aromatic carbocycles. The summed E-state index contributed by atoms with van der Waals surface area (Å²) in [5.74, 6) is -0.483. The Hall–Kier alpha value is -1.88. The molecule has 2 amide bonds. The molecular weight excluding hydrogens is 230 g/mol. The topological polar surface area (TPSA) is 84.2 Å². The third kappa shape index (κ3) is 4.55. The van der Waals surface area contributed by atoms with E-state index in [2.05, 4.69) is 10.6 Å². The van der Waals surface area contributed by atoms with Crippen LogP contribution in [0.3, 0.4) is 0 Å². The number of nitrogens with one attached hydrogen (secondary N) is 2. The van der Waals surface area contributed by atoms with Crippen LogP contribution in [0.4, 0.5) is 0 Å². The second-order valence-corrected chi connectivity index (χ2v) is 3.96. The Morgan fingerprint density at radius 2 is 1.94 bits per heavy atom. The first-order valence-electron chi connectivity index (χ1n) is 6.00. The Morgan fingerprint density at radius 3 is 2.50 bits per heavy atom. The van der Waals surface area contributed by atoms with E-state index in [1.165, 1.54) is 0 Å². The minimum Gasteiger partial charge on any atom is -0.351 e. The molecule has 0 saturated carbocycles. The molecule has 0 aromatic heterocycles. The largest absolute Gasteiger partial charge is 0.351 e. The normalized spacial score (nSPS) is 11.7. The molecule has 1 atom stereocenters. The van der Waals surface area contributed by atoms with Gasteiger partial charge >= 0.3 is 0 Å². The molecule has 5 heteroatoms. The number of nitrogens with two attached hydrogens (primary N) is 1. The van der Waals surface area contributed by atoms with Gasteiger partial charge in [-0.1, -0.05) is 25.1 Å². The number of amides is 2. The SMILES string of the molecule is CCC(CN)NC(=O)CNC(=O)c1ccccc1. The molecule has 0 bridgehead atoms. The lowest BCUT2D eigenvalue weighted by atomic mass is 10.2. The van der Waals surface area contributed by atoms with Crippen molar-refractivity contribution in [2.24, 2.45) is 5.73 Å². The highest BCUT2D eigenvalue weighted by molar-refractivity contribution is 5.96. The minimum absolute atomic E-state index is 0.0360. The molecule has 0 aliphatic carbocycles. The highest BCUT2D eigenvalue weighted by Gasteiger charge is 2.10. The summed E-state index contributed by atoms with van der Waals surface area (Å²) in [6.45, 7) is 2.31. The van der Waals surface area contributed by atoms with Gasteiger partial charge in [0.15, 0.2) is 0 Å². The maximum atomic E-state index is 11.7. The van der Waals surface area contributed by atoms with Crippen molar-refractivity contribution in [3.8, 4) is 0 Å². The summed E-state index contributed by atoms with van der Waals surface area (Å²) in [5.41, 5.74) is 6.01. The molecule has 0 saturated heterocycles. The molecule has 98 valence electrons. The molecule has 18 heavy (non-hydrogen) atoms. The Bertz CT molecular complexity index is 388. The highest BCUT2D eigenvalue weighted by Crippen LogP contribution is 1.97. The summed E-state index contributed by atoms with van der Waals surface area (Å²) in [6.07, 6.45) is 0.773. The van der Waals surface area contributed by atoms with E-state index in [-0.39, 0.29) is 24.4 Å². The summed E-state index contributed by atoms with van der Waals surface area (Å²) in [7, 11) is 0. The zero-order chi connectivity index (χ0) is 13.4. The number of rotatable bonds is 6. The Morgan fingerprint density at radius 1 is 1.28 bits per heavy atom. The maximum absolute atomic E-state index is 11.7. The Kier molecular flexibility index (Phi) is 5.87. The zero-order valence-electron chi connectivity index (χ0n) is 10.5. The van der Waals surface area contributed by atoms with Crippen molar-refractivity contribution >= 4 is 11.8 Å². The van der Waals surface area contributed by atoms with E-state index in [0.717, 1.165) is 6.42 Å². The first-order chi connectivity index (χ1) is 8.67. The van der Waals surface area contributed by atoms with Gasteiger partial charge in [-0.05, 0) is 18.6 Å². The van der Waals surface area contributed by atoms with E-state index >= 15 is 0 Å². The third-order valence-electron chi connectivity index (χ3n) is 2.59. The van der Waals surface area contributed by atoms with Gasteiger partial charge in [-0.25, -0.2) is 0 Å². The van der Waals surface area contributed by atoms with Crippen LogP contribution < -0.4 is 16.4 Å². The van der Waals surface area contributed by atoms with Crippen LogP contribution in [-0.4, -0.2) is 30.9 Å². The van der Waals surface area contributed by atoms with Gasteiger partial charge in [0, 0.05) is 18.2 Å². The molecule has 0 heterocycles. The fourth-order valence-electron chi connectivity index (χ4n) is 1.46. The van der Waals surface area contributed by atoms with Gasteiger partial charge in [-0.15, -0.1) is 0 Å². The Balaban J connectivity index is 2.37. The molecule has 0 spiro atoms. The van der Waals surface area contributed by atoms with E-state index in [4.69, 9.17) is 5.73 Å². The zero-order valence-corrected chi connectivity index (χ0v) is 10.5. The summed E-state index contributed by atoms with van der Waals surface area (Å²) in [6, 6.07) is 8.74. The maximum Gasteiger partial charge on any atom is 0.251 e. The van der Waals surface area contributed by atoms with E-state index in [1.807, 2.05) is 13.0 Å². The van der Waals surface area contributed by atoms with E-state index in [1.54, 1.807) is 24.3 Å². The van der Waals surface area contributed by atoms with Crippen molar-refractivity contribution in [3.63, 3.8) is 0 Å². The predicted octanol–water partition coefficient (Wildman–Crippen LogP) is 0.270. The summed E-state index contributed by atoms with van der Waals surface area (Å²) in [4.78, 5) is 23.2. The molecule has 1 unspecified atom stereocenters. The molecule has 1 aromatic rings. The van der Waals surface area contributed by atoms with Crippen LogP contribution >= 0.6 is 0 Å². The van der Waals surface area contributed by atoms with Crippen molar-refractivity contribution in [2.45, 2.75) is 19.4 Å². The van der Waals surface area contributed by atoms with E-state index in [9.17, 15) is 9.59 Å². The molecule has 0 aliphatic heterocycles. The number of benzene rings is 1. The third-order valence-corrected chi connectivity index (χ3v) is 2.59. The van der Waals surface area contributed by atoms with Crippen molar-refractivity contribution in [1.82, 2.24) is 10.6 Å². The summed E-state index contributed by atoms with van der Waals surface area (Å²) < 4.78 is 0. The van der Waals surface area contributed by atoms with Gasteiger partial charge in [0.05, 0.1) is 6.54 Å². The van der Waals surface area contributed by atoms with E-state index < -0.39 is 0 Å². The number of hydrogen-bond acceptors (Lipinski definition) is 3. The molecular formula is C13H19N3O2. The van der Waals surface area contributed by atoms with E-state index in [0.29, 0.717) is 12.1 Å². The molecule has 1 rings (SSSR count). The van der Waals surface area contributed by atoms with Gasteiger partial charge in [0.1, 0.15) is 0 Å². The number of carbonyl (C=O) groups is 2. The van der Waals surface area contributed by atoms with Crippen LogP contribution in [0.15, 0.2) is 30.3 Å². The molecule has 0 aliphatic rings. The van der Waals surface area contributed by atoms with Gasteiger partial charge in [0.2, 0.25) is 5.91 Å². The lowest BCUT2D eigenvalue weighted by Gasteiger charge is -2.14.